The van der Waals surface area contributed by atoms with E-state index < -0.39 is 17.8 Å². The molecule has 0 bridgehead atoms. The van der Waals surface area contributed by atoms with Gasteiger partial charge in [-0.15, -0.1) is 0 Å². The van der Waals surface area contributed by atoms with E-state index in [1.54, 1.807) is 54.6 Å². The molecule has 2 aromatic carbocycles. The fraction of sp³-hybridized carbons (Fsp3) is 0.105. The standard InChI is InChI=1S/C19H18N2O4/c22-17(23)11-12-20-19(25)16(13-14-7-3-1-4-8-14)21-18(24)15-9-5-2-6-10-15/h1-10,13H,11-12H2,(H,20,25)(H,21,24)(H,22,23)/p-1/b16-13-. The lowest BCUT2D eigenvalue weighted by Crippen LogP contribution is -2.37. The van der Waals surface area contributed by atoms with Crippen LogP contribution in [-0.4, -0.2) is 24.3 Å². The van der Waals surface area contributed by atoms with Crippen LogP contribution in [0.5, 0.6) is 0 Å². The summed E-state index contributed by atoms with van der Waals surface area (Å²) in [7, 11) is 0. The lowest BCUT2D eigenvalue weighted by molar-refractivity contribution is -0.305. The summed E-state index contributed by atoms with van der Waals surface area (Å²) >= 11 is 0. The van der Waals surface area contributed by atoms with Crippen LogP contribution >= 0.6 is 0 Å². The Bertz CT molecular complexity index is 771. The second kappa shape index (κ2) is 9.02. The molecule has 6 heteroatoms. The first-order valence-electron chi connectivity index (χ1n) is 7.67. The number of carbonyl (C=O) groups excluding carboxylic acids is 3. The molecular weight excluding hydrogens is 320 g/mol. The molecule has 0 aliphatic rings. The first-order chi connectivity index (χ1) is 12.1. The van der Waals surface area contributed by atoms with Gasteiger partial charge in [-0.2, -0.15) is 0 Å². The van der Waals surface area contributed by atoms with Gasteiger partial charge in [-0.25, -0.2) is 0 Å². The van der Waals surface area contributed by atoms with E-state index in [-0.39, 0.29) is 18.7 Å². The Kier molecular flexibility index (Phi) is 6.47. The summed E-state index contributed by atoms with van der Waals surface area (Å²) in [6, 6.07) is 17.5. The van der Waals surface area contributed by atoms with E-state index in [9.17, 15) is 19.5 Å². The van der Waals surface area contributed by atoms with Crippen LogP contribution in [0, 0.1) is 0 Å². The Balaban J connectivity index is 2.17. The highest BCUT2D eigenvalue weighted by molar-refractivity contribution is 6.05. The van der Waals surface area contributed by atoms with Gasteiger partial charge in [0, 0.05) is 24.5 Å². The molecule has 2 N–H and O–H groups in total. The SMILES string of the molecule is O=C([O-])CCNC(=O)/C(=C/c1ccccc1)NC(=O)c1ccccc1. The van der Waals surface area contributed by atoms with Crippen LogP contribution in [0.2, 0.25) is 0 Å². The number of nitrogens with one attached hydrogen (secondary N) is 2. The minimum absolute atomic E-state index is 0.0263. The smallest absolute Gasteiger partial charge is 0.267 e. The molecule has 0 aromatic heterocycles. The van der Waals surface area contributed by atoms with Crippen molar-refractivity contribution in [3.63, 3.8) is 0 Å². The van der Waals surface area contributed by atoms with Gasteiger partial charge in [0.2, 0.25) is 0 Å². The number of hydrogen-bond acceptors (Lipinski definition) is 4. The highest BCUT2D eigenvalue weighted by Gasteiger charge is 2.14. The summed E-state index contributed by atoms with van der Waals surface area (Å²) in [6.45, 7) is -0.0888. The quantitative estimate of drug-likeness (QED) is 0.727. The molecule has 0 saturated heterocycles. The van der Waals surface area contributed by atoms with Crippen LogP contribution in [-0.2, 0) is 9.59 Å². The number of hydrogen-bond donors (Lipinski definition) is 2. The maximum Gasteiger partial charge on any atom is 0.267 e. The molecule has 2 rings (SSSR count). The van der Waals surface area contributed by atoms with Crippen molar-refractivity contribution in [2.75, 3.05) is 6.54 Å². The monoisotopic (exact) mass is 337 g/mol. The normalized spacial score (nSPS) is 10.8. The van der Waals surface area contributed by atoms with E-state index in [2.05, 4.69) is 10.6 Å². The van der Waals surface area contributed by atoms with E-state index in [0.29, 0.717) is 5.56 Å². The molecule has 25 heavy (non-hydrogen) atoms. The number of benzene rings is 2. The van der Waals surface area contributed by atoms with Gasteiger partial charge in [0.25, 0.3) is 11.8 Å². The molecule has 0 radical (unpaired) electrons. The third-order valence-electron chi connectivity index (χ3n) is 3.25. The first-order valence-corrected chi connectivity index (χ1v) is 7.67. The van der Waals surface area contributed by atoms with Crippen LogP contribution in [0.4, 0.5) is 0 Å². The topological polar surface area (TPSA) is 98.3 Å². The van der Waals surface area contributed by atoms with Crippen LogP contribution in [0.25, 0.3) is 6.08 Å². The molecule has 128 valence electrons. The summed E-state index contributed by atoms with van der Waals surface area (Å²) in [5.74, 6) is -2.27. The van der Waals surface area contributed by atoms with E-state index in [1.165, 1.54) is 6.08 Å². The van der Waals surface area contributed by atoms with Gasteiger partial charge in [-0.1, -0.05) is 48.5 Å². The summed E-state index contributed by atoms with van der Waals surface area (Å²) in [4.78, 5) is 35.0. The van der Waals surface area contributed by atoms with Gasteiger partial charge >= 0.3 is 0 Å². The number of carbonyl (C=O) groups is 3. The Morgan fingerprint density at radius 2 is 1.52 bits per heavy atom. The Morgan fingerprint density at radius 3 is 2.12 bits per heavy atom. The molecule has 0 atom stereocenters. The molecule has 0 aliphatic heterocycles. The maximum absolute atomic E-state index is 12.3. The number of rotatable bonds is 7. The minimum atomic E-state index is -1.26. The lowest BCUT2D eigenvalue weighted by Gasteiger charge is -2.11. The summed E-state index contributed by atoms with van der Waals surface area (Å²) in [5, 5.41) is 15.5. The molecule has 2 amide bonds. The first kappa shape index (κ1) is 17.9. The van der Waals surface area contributed by atoms with Crippen molar-refractivity contribution in [1.29, 1.82) is 0 Å². The molecule has 2 aromatic rings. The summed E-state index contributed by atoms with van der Waals surface area (Å²) in [5.41, 5.74) is 1.16. The Morgan fingerprint density at radius 1 is 0.920 bits per heavy atom. The number of amides is 2. The third-order valence-corrected chi connectivity index (χ3v) is 3.25. The predicted octanol–water partition coefficient (Wildman–Crippen LogP) is 0.714. The average Bonchev–Trinajstić information content (AvgIpc) is 2.62. The van der Waals surface area contributed by atoms with Crippen LogP contribution < -0.4 is 15.7 Å². The number of carboxylic acids is 1. The van der Waals surface area contributed by atoms with Crippen molar-refractivity contribution in [2.45, 2.75) is 6.42 Å². The van der Waals surface area contributed by atoms with Crippen molar-refractivity contribution in [3.8, 4) is 0 Å². The molecule has 0 aliphatic carbocycles. The average molecular weight is 337 g/mol. The zero-order valence-corrected chi connectivity index (χ0v) is 13.4. The van der Waals surface area contributed by atoms with Gasteiger partial charge in [-0.3, -0.25) is 9.59 Å². The van der Waals surface area contributed by atoms with Crippen molar-refractivity contribution < 1.29 is 19.5 Å². The number of aliphatic carboxylic acids is 1. The highest BCUT2D eigenvalue weighted by Crippen LogP contribution is 2.07. The van der Waals surface area contributed by atoms with Gasteiger partial charge in [0.1, 0.15) is 5.70 Å². The van der Waals surface area contributed by atoms with Crippen molar-refractivity contribution >= 4 is 23.9 Å². The fourth-order valence-corrected chi connectivity index (χ4v) is 2.03. The highest BCUT2D eigenvalue weighted by atomic mass is 16.4. The Hall–Kier alpha value is -3.41. The second-order valence-electron chi connectivity index (χ2n) is 5.17. The molecule has 0 spiro atoms. The second-order valence-corrected chi connectivity index (χ2v) is 5.17. The number of carboxylic acid groups (broad SMARTS) is 1. The molecule has 0 saturated carbocycles. The van der Waals surface area contributed by atoms with Crippen molar-refractivity contribution in [1.82, 2.24) is 10.6 Å². The fourth-order valence-electron chi connectivity index (χ4n) is 2.03. The largest absolute Gasteiger partial charge is 0.550 e. The molecule has 0 fully saturated rings. The lowest BCUT2D eigenvalue weighted by atomic mass is 10.1. The zero-order chi connectivity index (χ0) is 18.1. The zero-order valence-electron chi connectivity index (χ0n) is 13.4. The summed E-state index contributed by atoms with van der Waals surface area (Å²) < 4.78 is 0. The molecule has 0 unspecified atom stereocenters. The van der Waals surface area contributed by atoms with Crippen LogP contribution in [0.1, 0.15) is 22.3 Å². The van der Waals surface area contributed by atoms with Crippen LogP contribution in [0.15, 0.2) is 66.4 Å². The van der Waals surface area contributed by atoms with Crippen LogP contribution in [0.3, 0.4) is 0 Å². The van der Waals surface area contributed by atoms with E-state index in [1.807, 2.05) is 6.07 Å². The van der Waals surface area contributed by atoms with Gasteiger partial charge < -0.3 is 20.5 Å². The van der Waals surface area contributed by atoms with E-state index >= 15 is 0 Å². The third kappa shape index (κ3) is 5.95. The minimum Gasteiger partial charge on any atom is -0.550 e. The van der Waals surface area contributed by atoms with E-state index in [4.69, 9.17) is 0 Å². The molecule has 0 heterocycles. The van der Waals surface area contributed by atoms with E-state index in [0.717, 1.165) is 5.56 Å². The predicted molar refractivity (Wildman–Crippen MR) is 91.0 cm³/mol. The maximum atomic E-state index is 12.3. The Labute approximate surface area is 145 Å². The van der Waals surface area contributed by atoms with Gasteiger partial charge in [0.15, 0.2) is 0 Å². The van der Waals surface area contributed by atoms with Gasteiger partial charge in [-0.05, 0) is 23.8 Å². The summed E-state index contributed by atoms with van der Waals surface area (Å²) in [6.07, 6.45) is 1.21. The van der Waals surface area contributed by atoms with Crippen molar-refractivity contribution in [3.05, 3.63) is 77.5 Å². The van der Waals surface area contributed by atoms with Crippen molar-refractivity contribution in [2.24, 2.45) is 0 Å². The molecule has 6 nitrogen and oxygen atoms in total. The van der Waals surface area contributed by atoms with Gasteiger partial charge in [0.05, 0.1) is 0 Å². The molecular formula is C19H17N2O4-.